The highest BCUT2D eigenvalue weighted by Crippen LogP contribution is 2.38. The molecular weight excluding hydrogens is 350 g/mol. The Balaban J connectivity index is 2.64. The van der Waals surface area contributed by atoms with Crippen molar-refractivity contribution in [2.24, 2.45) is 0 Å². The Labute approximate surface area is 139 Å². The molecule has 136 valence electrons. The number of rotatable bonds is 4. The third-order valence-electron chi connectivity index (χ3n) is 4.02. The molecule has 0 amide bonds. The molecule has 0 spiro atoms. The molecule has 0 aliphatic heterocycles. The zero-order valence-electron chi connectivity index (χ0n) is 12.7. The molecule has 0 atom stereocenters. The normalized spacial score (nSPS) is 13.1. The predicted molar refractivity (Wildman–Crippen MR) is 77.8 cm³/mol. The van der Waals surface area contributed by atoms with Crippen LogP contribution in [-0.4, -0.2) is 23.4 Å². The number of aliphatic hydroxyl groups is 2. The fourth-order valence-electron chi connectivity index (χ4n) is 2.57. The third-order valence-corrected chi connectivity index (χ3v) is 4.02. The molecule has 0 aromatic heterocycles. The Hall–Kier alpha value is -2.06. The first-order valence-corrected chi connectivity index (χ1v) is 7.12. The Morgan fingerprint density at radius 1 is 0.600 bits per heavy atom. The third kappa shape index (κ3) is 3.80. The standard InChI is InChI=1S/C17H14F6O2/c18-16(19,20)13-5-1-3-11(7-13)15(9-24,10-25)12-4-2-6-14(8-12)17(21,22)23/h1-8,24-25H,9-10H2. The predicted octanol–water partition coefficient (Wildman–Crippen LogP) is 3.99. The molecule has 25 heavy (non-hydrogen) atoms. The van der Waals surface area contributed by atoms with Gasteiger partial charge in [0, 0.05) is 0 Å². The summed E-state index contributed by atoms with van der Waals surface area (Å²) < 4.78 is 77.5. The van der Waals surface area contributed by atoms with E-state index in [9.17, 15) is 36.6 Å². The van der Waals surface area contributed by atoms with Crippen LogP contribution in [0.5, 0.6) is 0 Å². The molecule has 2 N–H and O–H groups in total. The maximum absolute atomic E-state index is 12.9. The van der Waals surface area contributed by atoms with Crippen LogP contribution in [0.15, 0.2) is 48.5 Å². The first-order chi connectivity index (χ1) is 11.5. The molecule has 0 radical (unpaired) electrons. The van der Waals surface area contributed by atoms with Crippen LogP contribution in [0.1, 0.15) is 22.3 Å². The Bertz CT molecular complexity index is 673. The van der Waals surface area contributed by atoms with Gasteiger partial charge in [0.1, 0.15) is 0 Å². The minimum atomic E-state index is -4.67. The molecule has 0 aliphatic carbocycles. The van der Waals surface area contributed by atoms with Gasteiger partial charge in [0.15, 0.2) is 0 Å². The molecule has 0 saturated heterocycles. The largest absolute Gasteiger partial charge is 0.416 e. The number of halogens is 6. The van der Waals surface area contributed by atoms with E-state index in [1.54, 1.807) is 0 Å². The highest BCUT2D eigenvalue weighted by Gasteiger charge is 2.38. The summed E-state index contributed by atoms with van der Waals surface area (Å²) in [6.45, 7) is -1.74. The minimum absolute atomic E-state index is 0.133. The van der Waals surface area contributed by atoms with Crippen molar-refractivity contribution < 1.29 is 36.6 Å². The summed E-state index contributed by atoms with van der Waals surface area (Å²) in [5, 5.41) is 19.5. The van der Waals surface area contributed by atoms with Gasteiger partial charge in [-0.15, -0.1) is 0 Å². The van der Waals surface area contributed by atoms with Gasteiger partial charge < -0.3 is 10.2 Å². The molecule has 0 unspecified atom stereocenters. The van der Waals surface area contributed by atoms with E-state index in [2.05, 4.69) is 0 Å². The van der Waals surface area contributed by atoms with Crippen LogP contribution in [-0.2, 0) is 17.8 Å². The second kappa shape index (κ2) is 6.68. The van der Waals surface area contributed by atoms with Gasteiger partial charge in [0.25, 0.3) is 0 Å². The van der Waals surface area contributed by atoms with Crippen LogP contribution >= 0.6 is 0 Å². The fraction of sp³-hybridized carbons (Fsp3) is 0.294. The molecule has 2 nitrogen and oxygen atoms in total. The van der Waals surface area contributed by atoms with E-state index < -0.39 is 42.1 Å². The van der Waals surface area contributed by atoms with Crippen molar-refractivity contribution in [2.75, 3.05) is 13.2 Å². The molecular formula is C17H14F6O2. The van der Waals surface area contributed by atoms with Crippen molar-refractivity contribution in [2.45, 2.75) is 17.8 Å². The fourth-order valence-corrected chi connectivity index (χ4v) is 2.57. The zero-order valence-corrected chi connectivity index (χ0v) is 12.7. The summed E-state index contributed by atoms with van der Waals surface area (Å²) in [6.07, 6.45) is -9.33. The topological polar surface area (TPSA) is 40.5 Å². The van der Waals surface area contributed by atoms with Crippen molar-refractivity contribution >= 4 is 0 Å². The van der Waals surface area contributed by atoms with Gasteiger partial charge in [-0.2, -0.15) is 26.3 Å². The van der Waals surface area contributed by atoms with Gasteiger partial charge in [-0.05, 0) is 23.3 Å². The number of hydrogen-bond donors (Lipinski definition) is 2. The number of hydrogen-bond acceptors (Lipinski definition) is 2. The molecule has 0 heterocycles. The minimum Gasteiger partial charge on any atom is -0.395 e. The first-order valence-electron chi connectivity index (χ1n) is 7.12. The first kappa shape index (κ1) is 19.3. The Morgan fingerprint density at radius 2 is 0.920 bits per heavy atom. The lowest BCUT2D eigenvalue weighted by Gasteiger charge is -2.32. The SMILES string of the molecule is OCC(CO)(c1cccc(C(F)(F)F)c1)c1cccc(C(F)(F)F)c1. The number of benzene rings is 2. The van der Waals surface area contributed by atoms with Crippen LogP contribution in [0.2, 0.25) is 0 Å². The van der Waals surface area contributed by atoms with Gasteiger partial charge in [-0.25, -0.2) is 0 Å². The summed E-state index contributed by atoms with van der Waals surface area (Å²) in [5.41, 5.74) is -4.12. The highest BCUT2D eigenvalue weighted by atomic mass is 19.4. The molecule has 0 saturated carbocycles. The van der Waals surface area contributed by atoms with Crippen molar-refractivity contribution in [3.8, 4) is 0 Å². The lowest BCUT2D eigenvalue weighted by atomic mass is 9.75. The average molecular weight is 364 g/mol. The highest BCUT2D eigenvalue weighted by molar-refractivity contribution is 5.43. The van der Waals surface area contributed by atoms with Crippen molar-refractivity contribution in [3.05, 3.63) is 70.8 Å². The molecule has 0 bridgehead atoms. The lowest BCUT2D eigenvalue weighted by Crippen LogP contribution is -2.36. The van der Waals surface area contributed by atoms with Crippen LogP contribution in [0.3, 0.4) is 0 Å². The smallest absolute Gasteiger partial charge is 0.395 e. The Kier molecular flexibility index (Phi) is 5.15. The van der Waals surface area contributed by atoms with Crippen molar-refractivity contribution in [1.82, 2.24) is 0 Å². The monoisotopic (exact) mass is 364 g/mol. The Morgan fingerprint density at radius 3 is 1.20 bits per heavy atom. The number of alkyl halides is 6. The van der Waals surface area contributed by atoms with Crippen LogP contribution in [0.4, 0.5) is 26.3 Å². The van der Waals surface area contributed by atoms with Crippen LogP contribution < -0.4 is 0 Å². The van der Waals surface area contributed by atoms with Gasteiger partial charge >= 0.3 is 12.4 Å². The molecule has 0 aliphatic rings. The van der Waals surface area contributed by atoms with Crippen molar-refractivity contribution in [1.29, 1.82) is 0 Å². The summed E-state index contributed by atoms with van der Waals surface area (Å²) >= 11 is 0. The van der Waals surface area contributed by atoms with E-state index in [0.29, 0.717) is 12.1 Å². The number of aliphatic hydroxyl groups excluding tert-OH is 2. The van der Waals surface area contributed by atoms with E-state index in [0.717, 1.165) is 24.3 Å². The average Bonchev–Trinajstić information content (AvgIpc) is 2.56. The van der Waals surface area contributed by atoms with Crippen LogP contribution in [0, 0.1) is 0 Å². The van der Waals surface area contributed by atoms with E-state index in [-0.39, 0.29) is 11.1 Å². The lowest BCUT2D eigenvalue weighted by molar-refractivity contribution is -0.138. The second-order valence-corrected chi connectivity index (χ2v) is 5.56. The molecule has 0 fully saturated rings. The maximum atomic E-state index is 12.9. The summed E-state index contributed by atoms with van der Waals surface area (Å²) in [5.74, 6) is 0. The molecule has 8 heteroatoms. The zero-order chi connectivity index (χ0) is 18.9. The van der Waals surface area contributed by atoms with Gasteiger partial charge in [0.05, 0.1) is 29.8 Å². The van der Waals surface area contributed by atoms with Gasteiger partial charge in [-0.3, -0.25) is 0 Å². The molecule has 2 rings (SSSR count). The van der Waals surface area contributed by atoms with E-state index in [1.807, 2.05) is 0 Å². The van der Waals surface area contributed by atoms with Gasteiger partial charge in [-0.1, -0.05) is 36.4 Å². The maximum Gasteiger partial charge on any atom is 0.416 e. The molecule has 2 aromatic rings. The summed E-state index contributed by atoms with van der Waals surface area (Å²) in [6, 6.07) is 7.63. The summed E-state index contributed by atoms with van der Waals surface area (Å²) in [4.78, 5) is 0. The summed E-state index contributed by atoms with van der Waals surface area (Å²) in [7, 11) is 0. The second-order valence-electron chi connectivity index (χ2n) is 5.56. The van der Waals surface area contributed by atoms with E-state index >= 15 is 0 Å². The van der Waals surface area contributed by atoms with Gasteiger partial charge in [0.2, 0.25) is 0 Å². The molecule has 2 aromatic carbocycles. The quantitative estimate of drug-likeness (QED) is 0.806. The van der Waals surface area contributed by atoms with E-state index in [4.69, 9.17) is 0 Å². The van der Waals surface area contributed by atoms with Crippen molar-refractivity contribution in [3.63, 3.8) is 0 Å². The van der Waals surface area contributed by atoms with Crippen LogP contribution in [0.25, 0.3) is 0 Å². The van der Waals surface area contributed by atoms with E-state index in [1.165, 1.54) is 12.1 Å².